The maximum atomic E-state index is 10.0. The third-order valence-corrected chi connectivity index (χ3v) is 1.58. The standard InChI is InChI=1S/C5H10O2.C5H12O2/c1-5(2,3)4(6)7;1-2-5(7)3-4-6/h1-3H3,(H,6,7);5-7H,2-4H2,1H3. The molecule has 0 saturated carbocycles. The summed E-state index contributed by atoms with van der Waals surface area (Å²) in [6.07, 6.45) is 0.946. The van der Waals surface area contributed by atoms with E-state index in [9.17, 15) is 4.79 Å². The highest BCUT2D eigenvalue weighted by molar-refractivity contribution is 5.72. The number of rotatable bonds is 3. The molecule has 1 unspecified atom stereocenters. The Kier molecular flexibility index (Phi) is 8.79. The summed E-state index contributed by atoms with van der Waals surface area (Å²) in [7, 11) is 0. The van der Waals surface area contributed by atoms with Crippen molar-refractivity contribution in [2.75, 3.05) is 6.61 Å². The van der Waals surface area contributed by atoms with E-state index in [1.807, 2.05) is 6.92 Å². The first-order valence-corrected chi connectivity index (χ1v) is 4.78. The number of aliphatic hydroxyl groups is 2. The summed E-state index contributed by atoms with van der Waals surface area (Å²) < 4.78 is 0. The van der Waals surface area contributed by atoms with Gasteiger partial charge in [0.1, 0.15) is 0 Å². The zero-order valence-corrected chi connectivity index (χ0v) is 9.45. The van der Waals surface area contributed by atoms with Crippen LogP contribution >= 0.6 is 0 Å². The molecule has 0 heterocycles. The first-order valence-electron chi connectivity index (χ1n) is 4.78. The predicted octanol–water partition coefficient (Wildman–Crippen LogP) is 1.26. The summed E-state index contributed by atoms with van der Waals surface area (Å²) >= 11 is 0. The van der Waals surface area contributed by atoms with Crippen LogP contribution in [0.5, 0.6) is 0 Å². The lowest BCUT2D eigenvalue weighted by atomic mass is 9.98. The van der Waals surface area contributed by atoms with Crippen LogP contribution in [0.1, 0.15) is 40.5 Å². The first-order chi connectivity index (χ1) is 6.25. The summed E-state index contributed by atoms with van der Waals surface area (Å²) in [4.78, 5) is 10.0. The van der Waals surface area contributed by atoms with Gasteiger partial charge in [-0.3, -0.25) is 4.79 Å². The van der Waals surface area contributed by atoms with Gasteiger partial charge in [0.25, 0.3) is 0 Å². The third kappa shape index (κ3) is 11.4. The van der Waals surface area contributed by atoms with Crippen molar-refractivity contribution < 1.29 is 20.1 Å². The molecule has 0 aliphatic heterocycles. The molecule has 0 spiro atoms. The maximum Gasteiger partial charge on any atom is 0.308 e. The molecule has 4 heteroatoms. The molecule has 14 heavy (non-hydrogen) atoms. The van der Waals surface area contributed by atoms with Crippen LogP contribution in [0.15, 0.2) is 0 Å². The van der Waals surface area contributed by atoms with Crippen LogP contribution in [0.25, 0.3) is 0 Å². The van der Waals surface area contributed by atoms with Gasteiger partial charge in [-0.05, 0) is 33.6 Å². The van der Waals surface area contributed by atoms with Crippen LogP contribution in [-0.4, -0.2) is 34.0 Å². The van der Waals surface area contributed by atoms with E-state index in [2.05, 4.69) is 0 Å². The van der Waals surface area contributed by atoms with Gasteiger partial charge in [-0.15, -0.1) is 0 Å². The molecule has 0 fully saturated rings. The van der Waals surface area contributed by atoms with E-state index in [0.29, 0.717) is 6.42 Å². The van der Waals surface area contributed by atoms with Crippen molar-refractivity contribution in [1.29, 1.82) is 0 Å². The van der Waals surface area contributed by atoms with E-state index in [0.717, 1.165) is 6.42 Å². The minimum atomic E-state index is -0.757. The molecule has 0 aromatic carbocycles. The predicted molar refractivity (Wildman–Crippen MR) is 55.1 cm³/mol. The van der Waals surface area contributed by atoms with Gasteiger partial charge in [0, 0.05) is 6.61 Å². The number of carboxylic acids is 1. The average Bonchev–Trinajstić information content (AvgIpc) is 2.04. The molecule has 0 saturated heterocycles. The monoisotopic (exact) mass is 206 g/mol. The van der Waals surface area contributed by atoms with Crippen LogP contribution in [0, 0.1) is 5.41 Å². The van der Waals surface area contributed by atoms with Gasteiger partial charge >= 0.3 is 5.97 Å². The minimum Gasteiger partial charge on any atom is -0.481 e. The Hall–Kier alpha value is -0.610. The third-order valence-electron chi connectivity index (χ3n) is 1.58. The van der Waals surface area contributed by atoms with Crippen LogP contribution in [0.4, 0.5) is 0 Å². The van der Waals surface area contributed by atoms with E-state index in [1.165, 1.54) is 0 Å². The number of hydrogen-bond donors (Lipinski definition) is 3. The normalized spacial score (nSPS) is 12.7. The topological polar surface area (TPSA) is 77.8 Å². The zero-order chi connectivity index (χ0) is 11.8. The zero-order valence-electron chi connectivity index (χ0n) is 9.45. The summed E-state index contributed by atoms with van der Waals surface area (Å²) in [6.45, 7) is 6.97. The number of hydrogen-bond acceptors (Lipinski definition) is 3. The minimum absolute atomic E-state index is 0.0923. The van der Waals surface area contributed by atoms with Crippen molar-refractivity contribution in [3.63, 3.8) is 0 Å². The Morgan fingerprint density at radius 2 is 1.71 bits per heavy atom. The summed E-state index contributed by atoms with van der Waals surface area (Å²) in [6, 6.07) is 0. The van der Waals surface area contributed by atoms with Gasteiger partial charge < -0.3 is 15.3 Å². The molecule has 0 aromatic heterocycles. The second kappa shape index (κ2) is 7.76. The van der Waals surface area contributed by atoms with Crippen LogP contribution in [0.3, 0.4) is 0 Å². The molecule has 0 rings (SSSR count). The molecule has 86 valence electrons. The van der Waals surface area contributed by atoms with E-state index in [-0.39, 0.29) is 12.7 Å². The number of aliphatic hydroxyl groups excluding tert-OH is 2. The average molecular weight is 206 g/mol. The molecule has 4 nitrogen and oxygen atoms in total. The molecule has 0 amide bonds. The van der Waals surface area contributed by atoms with Gasteiger partial charge in [0.2, 0.25) is 0 Å². The first kappa shape index (κ1) is 15.8. The van der Waals surface area contributed by atoms with E-state index < -0.39 is 11.4 Å². The van der Waals surface area contributed by atoms with Gasteiger partial charge in [0.15, 0.2) is 0 Å². The van der Waals surface area contributed by atoms with E-state index in [1.54, 1.807) is 20.8 Å². The number of carbonyl (C=O) groups is 1. The molecule has 1 atom stereocenters. The van der Waals surface area contributed by atoms with Gasteiger partial charge in [-0.2, -0.15) is 0 Å². The van der Waals surface area contributed by atoms with Gasteiger partial charge in [0.05, 0.1) is 11.5 Å². The molecular formula is C10H22O4. The second-order valence-electron chi connectivity index (χ2n) is 4.13. The quantitative estimate of drug-likeness (QED) is 0.649. The molecule has 0 aliphatic carbocycles. The highest BCUT2D eigenvalue weighted by Crippen LogP contribution is 2.11. The summed E-state index contributed by atoms with van der Waals surface area (Å²) in [5.74, 6) is -0.757. The van der Waals surface area contributed by atoms with Crippen molar-refractivity contribution in [1.82, 2.24) is 0 Å². The molecule has 0 bridgehead atoms. The highest BCUT2D eigenvalue weighted by Gasteiger charge is 2.18. The number of carboxylic acid groups (broad SMARTS) is 1. The lowest BCUT2D eigenvalue weighted by molar-refractivity contribution is -0.145. The van der Waals surface area contributed by atoms with Crippen molar-refractivity contribution in [2.24, 2.45) is 5.41 Å². The fourth-order valence-electron chi connectivity index (χ4n) is 0.353. The Morgan fingerprint density at radius 1 is 1.36 bits per heavy atom. The van der Waals surface area contributed by atoms with E-state index in [4.69, 9.17) is 15.3 Å². The van der Waals surface area contributed by atoms with Crippen LogP contribution in [-0.2, 0) is 4.79 Å². The molecule has 0 aromatic rings. The molecule has 0 aliphatic rings. The van der Waals surface area contributed by atoms with Crippen LogP contribution < -0.4 is 0 Å². The Morgan fingerprint density at radius 3 is 1.79 bits per heavy atom. The molecule has 0 radical (unpaired) electrons. The Bertz CT molecular complexity index is 149. The maximum absolute atomic E-state index is 10.0. The lowest BCUT2D eigenvalue weighted by Gasteiger charge is -2.08. The van der Waals surface area contributed by atoms with Gasteiger partial charge in [-0.25, -0.2) is 0 Å². The van der Waals surface area contributed by atoms with Crippen molar-refractivity contribution in [2.45, 2.75) is 46.6 Å². The lowest BCUT2D eigenvalue weighted by Crippen LogP contribution is -2.18. The fourth-order valence-corrected chi connectivity index (χ4v) is 0.353. The summed E-state index contributed by atoms with van der Waals surface area (Å²) in [5, 5.41) is 25.2. The Balaban J connectivity index is 0. The van der Waals surface area contributed by atoms with Crippen molar-refractivity contribution >= 4 is 5.97 Å². The van der Waals surface area contributed by atoms with Gasteiger partial charge in [-0.1, -0.05) is 6.92 Å². The van der Waals surface area contributed by atoms with Crippen LogP contribution in [0.2, 0.25) is 0 Å². The smallest absolute Gasteiger partial charge is 0.308 e. The number of aliphatic carboxylic acids is 1. The second-order valence-corrected chi connectivity index (χ2v) is 4.13. The highest BCUT2D eigenvalue weighted by atomic mass is 16.4. The summed E-state index contributed by atoms with van der Waals surface area (Å²) in [5.41, 5.74) is -0.583. The SMILES string of the molecule is CC(C)(C)C(=O)O.CCC(O)CCO. The largest absolute Gasteiger partial charge is 0.481 e. The Labute approximate surface area is 85.6 Å². The van der Waals surface area contributed by atoms with Crippen molar-refractivity contribution in [3.05, 3.63) is 0 Å². The molecule has 3 N–H and O–H groups in total. The van der Waals surface area contributed by atoms with Crippen molar-refractivity contribution in [3.8, 4) is 0 Å². The fraction of sp³-hybridized carbons (Fsp3) is 0.900. The molecular weight excluding hydrogens is 184 g/mol. The van der Waals surface area contributed by atoms with E-state index >= 15 is 0 Å².